The molecule has 1 aromatic heterocycles. The summed E-state index contributed by atoms with van der Waals surface area (Å²) in [5.41, 5.74) is 1.29. The molecule has 0 atom stereocenters. The van der Waals surface area contributed by atoms with Gasteiger partial charge in [-0.1, -0.05) is 18.2 Å². The molecule has 4 nitrogen and oxygen atoms in total. The van der Waals surface area contributed by atoms with Gasteiger partial charge in [-0.25, -0.2) is 0 Å². The number of aromatic nitrogens is 1. The molecule has 1 heterocycles. The van der Waals surface area contributed by atoms with Crippen molar-refractivity contribution in [1.29, 1.82) is 0 Å². The van der Waals surface area contributed by atoms with Crippen molar-refractivity contribution >= 4 is 16.8 Å². The normalized spacial score (nSPS) is 32.9. The SMILES string of the molecule is O=C(NCC12CC3CC(CC(C3)C1)C2)c1cc(=O)[nH]c2ccccc12. The Labute approximate surface area is 147 Å². The summed E-state index contributed by atoms with van der Waals surface area (Å²) in [5, 5.41) is 3.99. The molecule has 6 rings (SSSR count). The van der Waals surface area contributed by atoms with Crippen LogP contribution in [-0.2, 0) is 0 Å². The molecule has 4 bridgehead atoms. The van der Waals surface area contributed by atoms with E-state index in [1.54, 1.807) is 0 Å². The van der Waals surface area contributed by atoms with Gasteiger partial charge in [-0.15, -0.1) is 0 Å². The Kier molecular flexibility index (Phi) is 3.31. The lowest BCUT2D eigenvalue weighted by Crippen LogP contribution is -2.51. The molecule has 1 aromatic carbocycles. The highest BCUT2D eigenvalue weighted by Gasteiger charge is 2.50. The van der Waals surface area contributed by atoms with E-state index in [9.17, 15) is 9.59 Å². The first kappa shape index (κ1) is 15.2. The van der Waals surface area contributed by atoms with Crippen molar-refractivity contribution in [3.05, 3.63) is 46.2 Å². The molecule has 0 aliphatic heterocycles. The van der Waals surface area contributed by atoms with Crippen molar-refractivity contribution in [2.75, 3.05) is 6.54 Å². The fraction of sp³-hybridized carbons (Fsp3) is 0.524. The van der Waals surface area contributed by atoms with Crippen LogP contribution in [0.3, 0.4) is 0 Å². The summed E-state index contributed by atoms with van der Waals surface area (Å²) in [6, 6.07) is 8.93. The Hall–Kier alpha value is -2.10. The Morgan fingerprint density at radius 2 is 1.72 bits per heavy atom. The molecule has 4 heteroatoms. The highest BCUT2D eigenvalue weighted by Crippen LogP contribution is 2.59. The fourth-order valence-corrected chi connectivity index (χ4v) is 6.26. The summed E-state index contributed by atoms with van der Waals surface area (Å²) in [6.45, 7) is 0.760. The Bertz CT molecular complexity index is 863. The lowest BCUT2D eigenvalue weighted by atomic mass is 9.49. The number of carbonyl (C=O) groups excluding carboxylic acids is 1. The van der Waals surface area contributed by atoms with Gasteiger partial charge in [-0.05, 0) is 67.8 Å². The van der Waals surface area contributed by atoms with E-state index >= 15 is 0 Å². The van der Waals surface area contributed by atoms with Gasteiger partial charge in [-0.2, -0.15) is 0 Å². The predicted molar refractivity (Wildman–Crippen MR) is 97.5 cm³/mol. The zero-order valence-electron chi connectivity index (χ0n) is 14.4. The Balaban J connectivity index is 1.39. The zero-order valence-corrected chi connectivity index (χ0v) is 14.4. The largest absolute Gasteiger partial charge is 0.351 e. The molecular weight excluding hydrogens is 312 g/mol. The third kappa shape index (κ3) is 2.59. The lowest BCUT2D eigenvalue weighted by Gasteiger charge is -2.56. The molecule has 2 aromatic rings. The minimum Gasteiger partial charge on any atom is -0.351 e. The van der Waals surface area contributed by atoms with Gasteiger partial charge in [0.25, 0.3) is 5.91 Å². The molecule has 2 N–H and O–H groups in total. The van der Waals surface area contributed by atoms with Crippen molar-refractivity contribution in [2.45, 2.75) is 38.5 Å². The summed E-state index contributed by atoms with van der Waals surface area (Å²) < 4.78 is 0. The van der Waals surface area contributed by atoms with Gasteiger partial charge in [0.1, 0.15) is 0 Å². The molecule has 0 spiro atoms. The maximum atomic E-state index is 12.8. The van der Waals surface area contributed by atoms with Crippen LogP contribution < -0.4 is 10.9 Å². The van der Waals surface area contributed by atoms with E-state index in [0.29, 0.717) is 11.0 Å². The molecule has 1 amide bonds. The second kappa shape index (κ2) is 5.45. The van der Waals surface area contributed by atoms with Crippen molar-refractivity contribution in [2.24, 2.45) is 23.2 Å². The van der Waals surface area contributed by atoms with E-state index in [1.165, 1.54) is 44.6 Å². The number of pyridine rings is 1. The molecule has 4 saturated carbocycles. The van der Waals surface area contributed by atoms with Gasteiger partial charge in [0.05, 0.1) is 5.56 Å². The number of aromatic amines is 1. The van der Waals surface area contributed by atoms with Gasteiger partial charge < -0.3 is 10.3 Å². The standard InChI is InChI=1S/C21H24N2O2/c24-19-8-17(16-3-1-2-4-18(16)23-19)20(25)22-12-21-9-13-5-14(10-21)7-15(6-13)11-21/h1-4,8,13-15H,5-7,9-12H2,(H,22,25)(H,23,24). The van der Waals surface area contributed by atoms with Crippen LogP contribution in [0.2, 0.25) is 0 Å². The monoisotopic (exact) mass is 336 g/mol. The number of nitrogens with one attached hydrogen (secondary N) is 2. The van der Waals surface area contributed by atoms with E-state index in [0.717, 1.165) is 35.2 Å². The third-order valence-electron chi connectivity index (χ3n) is 6.78. The van der Waals surface area contributed by atoms with Crippen molar-refractivity contribution in [3.63, 3.8) is 0 Å². The molecule has 4 fully saturated rings. The van der Waals surface area contributed by atoms with Crippen LogP contribution in [0.1, 0.15) is 48.9 Å². The summed E-state index contributed by atoms with van der Waals surface area (Å²) in [5.74, 6) is 2.52. The predicted octanol–water partition coefficient (Wildman–Crippen LogP) is 3.47. The first-order chi connectivity index (χ1) is 12.1. The number of amides is 1. The average Bonchev–Trinajstić information content (AvgIpc) is 2.58. The first-order valence-corrected chi connectivity index (χ1v) is 9.50. The number of benzene rings is 1. The topological polar surface area (TPSA) is 62.0 Å². The van der Waals surface area contributed by atoms with Crippen molar-refractivity contribution in [3.8, 4) is 0 Å². The number of fused-ring (bicyclic) bond motifs is 1. The van der Waals surface area contributed by atoms with Crippen LogP contribution in [0.25, 0.3) is 10.9 Å². The maximum Gasteiger partial charge on any atom is 0.252 e. The van der Waals surface area contributed by atoms with E-state index in [4.69, 9.17) is 0 Å². The second-order valence-corrected chi connectivity index (χ2v) is 8.69. The second-order valence-electron chi connectivity index (χ2n) is 8.69. The number of para-hydroxylation sites is 1. The minimum absolute atomic E-state index is 0.113. The fourth-order valence-electron chi connectivity index (χ4n) is 6.26. The molecule has 4 aliphatic carbocycles. The van der Waals surface area contributed by atoms with Crippen LogP contribution in [-0.4, -0.2) is 17.4 Å². The Morgan fingerprint density at radius 1 is 1.08 bits per heavy atom. The van der Waals surface area contributed by atoms with Gasteiger partial charge in [-0.3, -0.25) is 9.59 Å². The van der Waals surface area contributed by atoms with Gasteiger partial charge in [0.15, 0.2) is 0 Å². The lowest BCUT2D eigenvalue weighted by molar-refractivity contribution is -0.0503. The van der Waals surface area contributed by atoms with E-state index < -0.39 is 0 Å². The van der Waals surface area contributed by atoms with Gasteiger partial charge in [0.2, 0.25) is 5.56 Å². The summed E-state index contributed by atoms with van der Waals surface area (Å²) in [4.78, 5) is 27.5. The molecule has 25 heavy (non-hydrogen) atoms. The van der Waals surface area contributed by atoms with Crippen LogP contribution in [0.4, 0.5) is 0 Å². The zero-order chi connectivity index (χ0) is 17.0. The Morgan fingerprint density at radius 3 is 2.40 bits per heavy atom. The van der Waals surface area contributed by atoms with Gasteiger partial charge in [0, 0.05) is 23.5 Å². The van der Waals surface area contributed by atoms with Crippen molar-refractivity contribution < 1.29 is 4.79 Å². The highest BCUT2D eigenvalue weighted by molar-refractivity contribution is 6.05. The molecule has 0 unspecified atom stereocenters. The summed E-state index contributed by atoms with van der Waals surface area (Å²) >= 11 is 0. The molecule has 4 aliphatic rings. The molecule has 0 radical (unpaired) electrons. The smallest absolute Gasteiger partial charge is 0.252 e. The van der Waals surface area contributed by atoms with E-state index in [1.807, 2.05) is 24.3 Å². The maximum absolute atomic E-state index is 12.8. The first-order valence-electron chi connectivity index (χ1n) is 9.50. The van der Waals surface area contributed by atoms with E-state index in [2.05, 4.69) is 10.3 Å². The minimum atomic E-state index is -0.223. The number of H-pyrrole nitrogens is 1. The number of rotatable bonds is 3. The van der Waals surface area contributed by atoms with Crippen molar-refractivity contribution in [1.82, 2.24) is 10.3 Å². The summed E-state index contributed by atoms with van der Waals surface area (Å²) in [7, 11) is 0. The van der Waals surface area contributed by atoms with Crippen LogP contribution in [0, 0.1) is 23.2 Å². The molecule has 0 saturated heterocycles. The summed E-state index contributed by atoms with van der Waals surface area (Å²) in [6.07, 6.45) is 8.05. The quantitative estimate of drug-likeness (QED) is 0.901. The van der Waals surface area contributed by atoms with E-state index in [-0.39, 0.29) is 11.5 Å². The van der Waals surface area contributed by atoms with Crippen LogP contribution in [0.5, 0.6) is 0 Å². The number of carbonyl (C=O) groups is 1. The highest BCUT2D eigenvalue weighted by atomic mass is 16.2. The van der Waals surface area contributed by atoms with Gasteiger partial charge >= 0.3 is 0 Å². The third-order valence-corrected chi connectivity index (χ3v) is 6.78. The molecule has 130 valence electrons. The number of hydrogen-bond acceptors (Lipinski definition) is 2. The number of hydrogen-bond donors (Lipinski definition) is 2. The van der Waals surface area contributed by atoms with Crippen LogP contribution in [0.15, 0.2) is 35.1 Å². The molecular formula is C21H24N2O2. The van der Waals surface area contributed by atoms with Crippen LogP contribution >= 0.6 is 0 Å². The average molecular weight is 336 g/mol.